The Kier molecular flexibility index (Phi) is 15.6. The van der Waals surface area contributed by atoms with Gasteiger partial charge in [0.25, 0.3) is 0 Å². The van der Waals surface area contributed by atoms with Crippen LogP contribution in [-0.2, 0) is 4.79 Å². The van der Waals surface area contributed by atoms with E-state index in [1.54, 1.807) is 0 Å². The van der Waals surface area contributed by atoms with E-state index in [0.29, 0.717) is 6.42 Å². The molecule has 0 aliphatic heterocycles. The fourth-order valence-corrected chi connectivity index (χ4v) is 2.35. The molecule has 0 fully saturated rings. The van der Waals surface area contributed by atoms with Gasteiger partial charge in [0.1, 0.15) is 0 Å². The maximum atomic E-state index is 10.3. The van der Waals surface area contributed by atoms with Crippen molar-refractivity contribution in [2.45, 2.75) is 96.8 Å². The number of aliphatic carboxylic acids is 1. The van der Waals surface area contributed by atoms with Crippen LogP contribution in [0.15, 0.2) is 12.2 Å². The fourth-order valence-electron chi connectivity index (χ4n) is 2.35. The van der Waals surface area contributed by atoms with Crippen molar-refractivity contribution in [1.82, 2.24) is 0 Å². The fraction of sp³-hybridized carbons (Fsp3) is 0.833. The summed E-state index contributed by atoms with van der Waals surface area (Å²) >= 11 is 0. The molecule has 1 N–H and O–H groups in total. The van der Waals surface area contributed by atoms with Crippen molar-refractivity contribution in [3.8, 4) is 0 Å². The Morgan fingerprint density at radius 1 is 0.750 bits per heavy atom. The van der Waals surface area contributed by atoms with Crippen LogP contribution in [0.3, 0.4) is 0 Å². The molecular formula is C18H34O2. The van der Waals surface area contributed by atoms with Crippen LogP contribution < -0.4 is 0 Å². The molecule has 0 unspecified atom stereocenters. The predicted molar refractivity (Wildman–Crippen MR) is 87.1 cm³/mol. The van der Waals surface area contributed by atoms with Gasteiger partial charge in [-0.15, -0.1) is 0 Å². The molecule has 0 heterocycles. The van der Waals surface area contributed by atoms with E-state index >= 15 is 0 Å². The normalized spacial score (nSPS) is 11.2. The number of hydrogen-bond donors (Lipinski definition) is 1. The van der Waals surface area contributed by atoms with Gasteiger partial charge in [0.05, 0.1) is 0 Å². The predicted octanol–water partition coefficient (Wildman–Crippen LogP) is 6.11. The van der Waals surface area contributed by atoms with Crippen molar-refractivity contribution in [3.63, 3.8) is 0 Å². The summed E-state index contributed by atoms with van der Waals surface area (Å²) < 4.78 is 0. The van der Waals surface area contributed by atoms with E-state index < -0.39 is 5.97 Å². The topological polar surface area (TPSA) is 37.3 Å². The van der Waals surface area contributed by atoms with Crippen LogP contribution in [0.5, 0.6) is 0 Å². The highest BCUT2D eigenvalue weighted by Gasteiger charge is 1.96. The average Bonchev–Trinajstić information content (AvgIpc) is 2.43. The van der Waals surface area contributed by atoms with Gasteiger partial charge in [-0.3, -0.25) is 4.79 Å². The van der Waals surface area contributed by atoms with Crippen LogP contribution in [0.4, 0.5) is 0 Å². The maximum absolute atomic E-state index is 10.3. The highest BCUT2D eigenvalue weighted by molar-refractivity contribution is 5.66. The van der Waals surface area contributed by atoms with E-state index in [1.807, 2.05) is 0 Å². The molecule has 0 aromatic carbocycles. The van der Waals surface area contributed by atoms with E-state index in [9.17, 15) is 4.79 Å². The van der Waals surface area contributed by atoms with Crippen LogP contribution in [0.2, 0.25) is 0 Å². The Morgan fingerprint density at radius 2 is 1.20 bits per heavy atom. The van der Waals surface area contributed by atoms with Crippen molar-refractivity contribution in [1.29, 1.82) is 0 Å². The molecule has 0 bridgehead atoms. The maximum Gasteiger partial charge on any atom is 0.303 e. The van der Waals surface area contributed by atoms with Crippen molar-refractivity contribution >= 4 is 5.97 Å². The summed E-state index contributed by atoms with van der Waals surface area (Å²) in [4.78, 5) is 10.3. The van der Waals surface area contributed by atoms with Crippen LogP contribution in [0, 0.1) is 0 Å². The number of carboxylic acid groups (broad SMARTS) is 1. The molecule has 0 aliphatic rings. The zero-order valence-electron chi connectivity index (χ0n) is 13.4. The minimum Gasteiger partial charge on any atom is -0.481 e. The minimum atomic E-state index is -0.661. The summed E-state index contributed by atoms with van der Waals surface area (Å²) in [6, 6.07) is 0. The third kappa shape index (κ3) is 17.2. The first kappa shape index (κ1) is 19.2. The van der Waals surface area contributed by atoms with E-state index in [1.165, 1.54) is 70.6 Å². The first-order valence-corrected chi connectivity index (χ1v) is 8.64. The van der Waals surface area contributed by atoms with Gasteiger partial charge in [-0.1, -0.05) is 70.4 Å². The van der Waals surface area contributed by atoms with E-state index in [-0.39, 0.29) is 0 Å². The number of carboxylic acids is 1. The summed E-state index contributed by atoms with van der Waals surface area (Å²) in [5.41, 5.74) is 0. The van der Waals surface area contributed by atoms with Crippen molar-refractivity contribution in [2.24, 2.45) is 0 Å². The van der Waals surface area contributed by atoms with E-state index in [2.05, 4.69) is 19.1 Å². The second kappa shape index (κ2) is 16.3. The SMILES string of the molecule is CCCCCCC=CCCCCCCCCCC(=O)O. The molecule has 0 spiro atoms. The molecule has 20 heavy (non-hydrogen) atoms. The average molecular weight is 282 g/mol. The summed E-state index contributed by atoms with van der Waals surface area (Å²) in [6.07, 6.45) is 21.2. The second-order valence-electron chi connectivity index (χ2n) is 5.73. The first-order valence-electron chi connectivity index (χ1n) is 8.64. The number of allylic oxidation sites excluding steroid dienone is 2. The highest BCUT2D eigenvalue weighted by atomic mass is 16.4. The molecular weight excluding hydrogens is 248 g/mol. The molecule has 0 saturated heterocycles. The van der Waals surface area contributed by atoms with E-state index in [0.717, 1.165) is 12.8 Å². The van der Waals surface area contributed by atoms with Crippen molar-refractivity contribution < 1.29 is 9.90 Å². The van der Waals surface area contributed by atoms with E-state index in [4.69, 9.17) is 5.11 Å². The monoisotopic (exact) mass is 282 g/mol. The Hall–Kier alpha value is -0.790. The zero-order valence-corrected chi connectivity index (χ0v) is 13.4. The van der Waals surface area contributed by atoms with Gasteiger partial charge in [0.15, 0.2) is 0 Å². The van der Waals surface area contributed by atoms with Crippen molar-refractivity contribution in [2.75, 3.05) is 0 Å². The first-order chi connectivity index (χ1) is 9.77. The Labute approximate surface area is 125 Å². The summed E-state index contributed by atoms with van der Waals surface area (Å²) in [6.45, 7) is 2.25. The summed E-state index contributed by atoms with van der Waals surface area (Å²) in [5, 5.41) is 8.51. The molecule has 0 aromatic heterocycles. The number of unbranched alkanes of at least 4 members (excludes halogenated alkanes) is 11. The van der Waals surface area contributed by atoms with Gasteiger partial charge in [-0.05, 0) is 32.1 Å². The number of rotatable bonds is 15. The highest BCUT2D eigenvalue weighted by Crippen LogP contribution is 2.10. The zero-order chi connectivity index (χ0) is 14.9. The molecule has 2 nitrogen and oxygen atoms in total. The van der Waals surface area contributed by atoms with Crippen molar-refractivity contribution in [3.05, 3.63) is 12.2 Å². The molecule has 2 heteroatoms. The lowest BCUT2D eigenvalue weighted by molar-refractivity contribution is -0.137. The standard InChI is InChI=1S/C18H34O2/c1-2-3-4-5-6-7-8-9-10-11-12-13-14-15-16-17-18(19)20/h7-8H,2-6,9-17H2,1H3,(H,19,20). The van der Waals surface area contributed by atoms with Gasteiger partial charge in [-0.25, -0.2) is 0 Å². The Morgan fingerprint density at radius 3 is 1.70 bits per heavy atom. The minimum absolute atomic E-state index is 0.336. The molecule has 0 rings (SSSR count). The molecule has 0 amide bonds. The van der Waals surface area contributed by atoms with Crippen LogP contribution in [0.1, 0.15) is 96.8 Å². The van der Waals surface area contributed by atoms with Crippen LogP contribution >= 0.6 is 0 Å². The van der Waals surface area contributed by atoms with Gasteiger partial charge >= 0.3 is 5.97 Å². The molecule has 0 atom stereocenters. The number of hydrogen-bond acceptors (Lipinski definition) is 1. The third-order valence-corrected chi connectivity index (χ3v) is 3.65. The largest absolute Gasteiger partial charge is 0.481 e. The summed E-state index contributed by atoms with van der Waals surface area (Å²) in [5.74, 6) is -0.661. The van der Waals surface area contributed by atoms with Crippen LogP contribution in [0.25, 0.3) is 0 Å². The number of carbonyl (C=O) groups is 1. The van der Waals surface area contributed by atoms with Gasteiger partial charge in [0, 0.05) is 6.42 Å². The lowest BCUT2D eigenvalue weighted by Gasteiger charge is -2.00. The molecule has 0 saturated carbocycles. The second-order valence-corrected chi connectivity index (χ2v) is 5.73. The lowest BCUT2D eigenvalue weighted by Crippen LogP contribution is -1.93. The third-order valence-electron chi connectivity index (χ3n) is 3.65. The lowest BCUT2D eigenvalue weighted by atomic mass is 10.1. The van der Waals surface area contributed by atoms with Gasteiger partial charge in [0.2, 0.25) is 0 Å². The van der Waals surface area contributed by atoms with Crippen LogP contribution in [-0.4, -0.2) is 11.1 Å². The quantitative estimate of drug-likeness (QED) is 0.291. The smallest absolute Gasteiger partial charge is 0.303 e. The molecule has 0 aromatic rings. The van der Waals surface area contributed by atoms with Gasteiger partial charge in [-0.2, -0.15) is 0 Å². The Bertz CT molecular complexity index is 234. The molecule has 0 radical (unpaired) electrons. The molecule has 118 valence electrons. The Balaban J connectivity index is 3.05. The summed E-state index contributed by atoms with van der Waals surface area (Å²) in [7, 11) is 0. The van der Waals surface area contributed by atoms with Gasteiger partial charge < -0.3 is 5.11 Å². The molecule has 0 aliphatic carbocycles.